The molecule has 1 atom stereocenters. The molecule has 146 valence electrons. The van der Waals surface area contributed by atoms with Crippen LogP contribution in [0.5, 0.6) is 5.75 Å². The average Bonchev–Trinajstić information content (AvgIpc) is 3.15. The van der Waals surface area contributed by atoms with Gasteiger partial charge in [-0.15, -0.1) is 0 Å². The van der Waals surface area contributed by atoms with E-state index in [1.54, 1.807) is 0 Å². The molecule has 2 aliphatic heterocycles. The third-order valence-corrected chi connectivity index (χ3v) is 5.70. The molecule has 1 N–H and O–H groups in total. The summed E-state index contributed by atoms with van der Waals surface area (Å²) >= 11 is 0. The molecule has 0 radical (unpaired) electrons. The molecular weight excluding hydrogens is 336 g/mol. The van der Waals surface area contributed by atoms with Crippen molar-refractivity contribution in [1.82, 2.24) is 15.1 Å². The molecule has 0 amide bonds. The van der Waals surface area contributed by atoms with Crippen LogP contribution in [0.3, 0.4) is 0 Å². The summed E-state index contributed by atoms with van der Waals surface area (Å²) in [6.45, 7) is 8.87. The van der Waals surface area contributed by atoms with Crippen molar-refractivity contribution in [3.8, 4) is 5.75 Å². The summed E-state index contributed by atoms with van der Waals surface area (Å²) in [4.78, 5) is 9.92. The highest BCUT2D eigenvalue weighted by atomic mass is 16.5. The Labute approximate surface area is 163 Å². The molecule has 4 rings (SSSR count). The maximum atomic E-state index is 6.05. The van der Waals surface area contributed by atoms with Crippen molar-refractivity contribution < 1.29 is 4.74 Å². The zero-order valence-electron chi connectivity index (χ0n) is 16.4. The second-order valence-corrected chi connectivity index (χ2v) is 7.85. The molecule has 2 fully saturated rings. The standard InChI is InChI=1S/C22H32N4O/c1-2-23-22(26-14-11-20(16-26)25-12-5-6-13-25)24-15-19-7-3-4-8-21(19)27-17-18-9-10-18/h3-8,18,20H,2,9-17H2,1H3,(H,23,24). The van der Waals surface area contributed by atoms with Gasteiger partial charge < -0.3 is 15.0 Å². The van der Waals surface area contributed by atoms with Crippen molar-refractivity contribution in [1.29, 1.82) is 0 Å². The van der Waals surface area contributed by atoms with Crippen LogP contribution < -0.4 is 10.1 Å². The molecule has 1 aliphatic carbocycles. The van der Waals surface area contributed by atoms with E-state index in [2.05, 4.69) is 58.5 Å². The van der Waals surface area contributed by atoms with Gasteiger partial charge >= 0.3 is 0 Å². The van der Waals surface area contributed by atoms with Crippen LogP contribution in [-0.4, -0.2) is 61.1 Å². The lowest BCUT2D eigenvalue weighted by molar-refractivity contribution is 0.259. The summed E-state index contributed by atoms with van der Waals surface area (Å²) in [5, 5.41) is 3.49. The van der Waals surface area contributed by atoms with Gasteiger partial charge in [-0.25, -0.2) is 4.99 Å². The van der Waals surface area contributed by atoms with Crippen LogP contribution in [0.1, 0.15) is 31.7 Å². The smallest absolute Gasteiger partial charge is 0.194 e. The molecule has 0 bridgehead atoms. The van der Waals surface area contributed by atoms with Crippen LogP contribution in [0.4, 0.5) is 0 Å². The Hall–Kier alpha value is -2.01. The number of rotatable bonds is 7. The normalized spacial score (nSPS) is 23.2. The molecule has 5 heteroatoms. The van der Waals surface area contributed by atoms with Crippen molar-refractivity contribution in [3.63, 3.8) is 0 Å². The number of benzene rings is 1. The number of aliphatic imine (C=N–C) groups is 1. The van der Waals surface area contributed by atoms with E-state index in [4.69, 9.17) is 9.73 Å². The van der Waals surface area contributed by atoms with Gasteiger partial charge in [0, 0.05) is 44.3 Å². The molecule has 0 aromatic heterocycles. The summed E-state index contributed by atoms with van der Waals surface area (Å²) < 4.78 is 6.05. The van der Waals surface area contributed by atoms with E-state index >= 15 is 0 Å². The number of hydrogen-bond donors (Lipinski definition) is 1. The number of hydrogen-bond acceptors (Lipinski definition) is 3. The lowest BCUT2D eigenvalue weighted by atomic mass is 10.2. The van der Waals surface area contributed by atoms with E-state index in [-0.39, 0.29) is 0 Å². The van der Waals surface area contributed by atoms with Crippen LogP contribution in [0.2, 0.25) is 0 Å². The minimum absolute atomic E-state index is 0.637. The van der Waals surface area contributed by atoms with Crippen LogP contribution in [-0.2, 0) is 6.54 Å². The average molecular weight is 369 g/mol. The monoisotopic (exact) mass is 368 g/mol. The molecule has 27 heavy (non-hydrogen) atoms. The van der Waals surface area contributed by atoms with Gasteiger partial charge in [-0.1, -0.05) is 30.4 Å². The number of ether oxygens (including phenoxy) is 1. The van der Waals surface area contributed by atoms with Crippen LogP contribution in [0.15, 0.2) is 41.4 Å². The first-order valence-corrected chi connectivity index (χ1v) is 10.5. The van der Waals surface area contributed by atoms with Gasteiger partial charge in [0.15, 0.2) is 5.96 Å². The molecular formula is C22H32N4O. The maximum absolute atomic E-state index is 6.05. The Balaban J connectivity index is 1.39. The molecule has 1 saturated heterocycles. The second kappa shape index (κ2) is 8.79. The third kappa shape index (κ3) is 4.83. The van der Waals surface area contributed by atoms with E-state index in [1.807, 2.05) is 0 Å². The predicted molar refractivity (Wildman–Crippen MR) is 110 cm³/mol. The van der Waals surface area contributed by atoms with Gasteiger partial charge in [0.2, 0.25) is 0 Å². The lowest BCUT2D eigenvalue weighted by Gasteiger charge is -2.25. The first kappa shape index (κ1) is 18.4. The van der Waals surface area contributed by atoms with Gasteiger partial charge in [-0.05, 0) is 38.2 Å². The van der Waals surface area contributed by atoms with Gasteiger partial charge in [-0.3, -0.25) is 4.90 Å². The van der Waals surface area contributed by atoms with Crippen LogP contribution in [0.25, 0.3) is 0 Å². The van der Waals surface area contributed by atoms with Gasteiger partial charge in [0.1, 0.15) is 5.75 Å². The van der Waals surface area contributed by atoms with E-state index < -0.39 is 0 Å². The van der Waals surface area contributed by atoms with E-state index in [0.29, 0.717) is 12.6 Å². The summed E-state index contributed by atoms with van der Waals surface area (Å²) in [5.41, 5.74) is 1.17. The molecule has 3 aliphatic rings. The summed E-state index contributed by atoms with van der Waals surface area (Å²) in [7, 11) is 0. The molecule has 0 spiro atoms. The summed E-state index contributed by atoms with van der Waals surface area (Å²) in [6, 6.07) is 8.98. The van der Waals surface area contributed by atoms with E-state index in [1.165, 1.54) is 24.8 Å². The second-order valence-electron chi connectivity index (χ2n) is 7.85. The number of nitrogens with one attached hydrogen (secondary N) is 1. The highest BCUT2D eigenvalue weighted by Gasteiger charge is 2.29. The van der Waals surface area contributed by atoms with Crippen LogP contribution >= 0.6 is 0 Å². The van der Waals surface area contributed by atoms with Gasteiger partial charge in [-0.2, -0.15) is 0 Å². The maximum Gasteiger partial charge on any atom is 0.194 e. The Morgan fingerprint density at radius 3 is 2.78 bits per heavy atom. The fraction of sp³-hybridized carbons (Fsp3) is 0.591. The summed E-state index contributed by atoms with van der Waals surface area (Å²) in [5.74, 6) is 2.79. The molecule has 1 aromatic carbocycles. The van der Waals surface area contributed by atoms with Crippen molar-refractivity contribution >= 4 is 5.96 Å². The SMILES string of the molecule is CCNC(=NCc1ccccc1OCC1CC1)N1CCC(N2CC=CC2)C1. The minimum Gasteiger partial charge on any atom is -0.493 e. The topological polar surface area (TPSA) is 40.1 Å². The number of likely N-dealkylation sites (tertiary alicyclic amines) is 1. The van der Waals surface area contributed by atoms with Crippen molar-refractivity contribution in [3.05, 3.63) is 42.0 Å². The number of guanidine groups is 1. The summed E-state index contributed by atoms with van der Waals surface area (Å²) in [6.07, 6.45) is 8.40. The van der Waals surface area contributed by atoms with E-state index in [0.717, 1.165) is 57.0 Å². The first-order valence-electron chi connectivity index (χ1n) is 10.5. The predicted octanol–water partition coefficient (Wildman–Crippen LogP) is 2.89. The fourth-order valence-electron chi connectivity index (χ4n) is 3.88. The Morgan fingerprint density at radius 2 is 2.00 bits per heavy atom. The molecule has 5 nitrogen and oxygen atoms in total. The number of nitrogens with zero attached hydrogens (tertiary/aromatic N) is 3. The van der Waals surface area contributed by atoms with Crippen molar-refractivity contribution in [2.75, 3.05) is 39.3 Å². The highest BCUT2D eigenvalue weighted by molar-refractivity contribution is 5.80. The fourth-order valence-corrected chi connectivity index (χ4v) is 3.88. The van der Waals surface area contributed by atoms with Gasteiger partial charge in [0.05, 0.1) is 13.2 Å². The zero-order chi connectivity index (χ0) is 18.5. The molecule has 1 aromatic rings. The largest absolute Gasteiger partial charge is 0.493 e. The first-order chi connectivity index (χ1) is 13.3. The van der Waals surface area contributed by atoms with Gasteiger partial charge in [0.25, 0.3) is 0 Å². The van der Waals surface area contributed by atoms with E-state index in [9.17, 15) is 0 Å². The molecule has 2 heterocycles. The van der Waals surface area contributed by atoms with Crippen molar-refractivity contribution in [2.45, 2.75) is 38.8 Å². The van der Waals surface area contributed by atoms with Crippen molar-refractivity contribution in [2.24, 2.45) is 10.9 Å². The quantitative estimate of drug-likeness (QED) is 0.456. The molecule has 1 unspecified atom stereocenters. The third-order valence-electron chi connectivity index (χ3n) is 5.70. The Bertz CT molecular complexity index is 675. The highest BCUT2D eigenvalue weighted by Crippen LogP contribution is 2.30. The number of para-hydroxylation sites is 1. The van der Waals surface area contributed by atoms with Crippen LogP contribution in [0, 0.1) is 5.92 Å². The Morgan fingerprint density at radius 1 is 1.19 bits per heavy atom. The molecule has 1 saturated carbocycles. The Kier molecular flexibility index (Phi) is 5.97. The zero-order valence-corrected chi connectivity index (χ0v) is 16.4. The minimum atomic E-state index is 0.637. The lowest BCUT2D eigenvalue weighted by Crippen LogP contribution is -2.42.